The number of phenols is 1. The number of carbonyl (C=O) groups excluding carboxylic acids is 1. The number of alkyl halides is 3. The Morgan fingerprint density at radius 2 is 1.88 bits per heavy atom. The van der Waals surface area contributed by atoms with Crippen LogP contribution in [-0.4, -0.2) is 46.0 Å². The fourth-order valence-electron chi connectivity index (χ4n) is 3.01. The molecule has 1 aromatic carbocycles. The molecule has 33 heavy (non-hydrogen) atoms. The van der Waals surface area contributed by atoms with Gasteiger partial charge in [-0.05, 0) is 23.6 Å². The zero-order valence-corrected chi connectivity index (χ0v) is 18.5. The number of carbonyl (C=O) groups is 1. The van der Waals surface area contributed by atoms with E-state index in [1.165, 1.54) is 61.8 Å². The zero-order valence-electron chi connectivity index (χ0n) is 17.6. The first-order valence-corrected chi connectivity index (χ1v) is 10.3. The van der Waals surface area contributed by atoms with Gasteiger partial charge in [0.15, 0.2) is 11.8 Å². The van der Waals surface area contributed by atoms with Crippen LogP contribution in [0.2, 0.25) is 0 Å². The predicted octanol–water partition coefficient (Wildman–Crippen LogP) is 3.00. The lowest BCUT2D eigenvalue weighted by atomic mass is 10.1. The lowest BCUT2D eigenvalue weighted by Gasteiger charge is -2.23. The largest absolute Gasteiger partial charge is 0.505 e. The maximum atomic E-state index is 13.8. The Kier molecular flexibility index (Phi) is 6.53. The number of benzene rings is 1. The van der Waals surface area contributed by atoms with Gasteiger partial charge < -0.3 is 20.6 Å². The highest BCUT2D eigenvalue weighted by molar-refractivity contribution is 7.10. The summed E-state index contributed by atoms with van der Waals surface area (Å²) in [5.74, 6) is -1.07. The Morgan fingerprint density at radius 3 is 2.45 bits per heavy atom. The van der Waals surface area contributed by atoms with E-state index in [1.807, 2.05) is 0 Å². The lowest BCUT2D eigenvalue weighted by molar-refractivity contribution is -0.143. The quantitative estimate of drug-likeness (QED) is 0.400. The van der Waals surface area contributed by atoms with Crippen LogP contribution in [0.25, 0.3) is 0 Å². The first-order chi connectivity index (χ1) is 15.4. The molecule has 2 heterocycles. The third kappa shape index (κ3) is 4.87. The number of aryl methyl sites for hydroxylation is 1. The summed E-state index contributed by atoms with van der Waals surface area (Å²) in [4.78, 5) is 38.7. The van der Waals surface area contributed by atoms with Crippen LogP contribution < -0.4 is 21.8 Å². The van der Waals surface area contributed by atoms with E-state index < -0.39 is 46.4 Å². The number of thiophene rings is 1. The molecule has 0 aliphatic carbocycles. The van der Waals surface area contributed by atoms with Crippen molar-refractivity contribution in [3.05, 3.63) is 66.9 Å². The molecule has 13 heteroatoms. The van der Waals surface area contributed by atoms with Crippen LogP contribution in [-0.2, 0) is 7.05 Å². The van der Waals surface area contributed by atoms with Crippen LogP contribution in [0.3, 0.4) is 0 Å². The monoisotopic (exact) mass is 483 g/mol. The predicted molar refractivity (Wildman–Crippen MR) is 118 cm³/mol. The maximum Gasteiger partial charge on any atom is 0.413 e. The molecule has 1 amide bonds. The van der Waals surface area contributed by atoms with Gasteiger partial charge >= 0.3 is 6.18 Å². The number of nitrogens with zero attached hydrogens (tertiary/aromatic N) is 2. The summed E-state index contributed by atoms with van der Waals surface area (Å²) in [5, 5.41) is 18.8. The van der Waals surface area contributed by atoms with Gasteiger partial charge in [0, 0.05) is 26.0 Å². The Hall–Kier alpha value is -3.74. The second kappa shape index (κ2) is 9.02. The second-order valence-corrected chi connectivity index (χ2v) is 8.20. The van der Waals surface area contributed by atoms with Crippen LogP contribution in [0.4, 0.5) is 30.2 Å². The van der Waals surface area contributed by atoms with Gasteiger partial charge in [0.25, 0.3) is 17.0 Å². The van der Waals surface area contributed by atoms with Gasteiger partial charge in [-0.2, -0.15) is 13.2 Å². The van der Waals surface area contributed by atoms with E-state index in [0.29, 0.717) is 0 Å². The number of hydrogen-bond acceptors (Lipinski definition) is 7. The van der Waals surface area contributed by atoms with E-state index in [4.69, 9.17) is 0 Å². The van der Waals surface area contributed by atoms with Crippen molar-refractivity contribution in [2.75, 3.05) is 24.7 Å². The number of para-hydroxylation sites is 1. The summed E-state index contributed by atoms with van der Waals surface area (Å²) in [5.41, 5.74) is -3.32. The van der Waals surface area contributed by atoms with Crippen LogP contribution in [0.1, 0.15) is 21.3 Å². The number of aromatic hydroxyl groups is 1. The summed E-state index contributed by atoms with van der Waals surface area (Å²) in [6.07, 6.45) is -4.78. The average molecular weight is 483 g/mol. The molecule has 0 aliphatic heterocycles. The van der Waals surface area contributed by atoms with Gasteiger partial charge in [-0.1, -0.05) is 12.1 Å². The molecule has 0 aliphatic rings. The molecule has 0 spiro atoms. The molecule has 4 N–H and O–H groups in total. The number of amides is 1. The van der Waals surface area contributed by atoms with Crippen LogP contribution in [0.5, 0.6) is 5.75 Å². The number of hydrogen-bond donors (Lipinski definition) is 4. The molecule has 0 radical (unpaired) electrons. The van der Waals surface area contributed by atoms with Gasteiger partial charge in [0.1, 0.15) is 11.4 Å². The average Bonchev–Trinajstić information content (AvgIpc) is 3.25. The molecule has 2 aromatic heterocycles. The molecule has 176 valence electrons. The minimum Gasteiger partial charge on any atom is -0.505 e. The van der Waals surface area contributed by atoms with Crippen molar-refractivity contribution >= 4 is 34.3 Å². The molecule has 3 aromatic rings. The summed E-state index contributed by atoms with van der Waals surface area (Å²) in [7, 11) is 4.12. The highest BCUT2D eigenvalue weighted by atomic mass is 32.1. The van der Waals surface area contributed by atoms with Crippen LogP contribution >= 0.6 is 11.3 Å². The van der Waals surface area contributed by atoms with Crippen molar-refractivity contribution < 1.29 is 23.1 Å². The number of phenolic OH excluding ortho intramolecular Hbond substituents is 1. The topological polar surface area (TPSA) is 119 Å². The number of H-pyrrole nitrogens is 1. The third-order valence-corrected chi connectivity index (χ3v) is 5.58. The van der Waals surface area contributed by atoms with Crippen molar-refractivity contribution in [3.8, 4) is 5.75 Å². The second-order valence-electron chi connectivity index (χ2n) is 7.22. The summed E-state index contributed by atoms with van der Waals surface area (Å²) in [6.45, 7) is 0. The molecule has 0 saturated carbocycles. The SMILES string of the molecule is CN(C)C(=O)c1cccc(Nc2c(NC(c3cccs3)C(F)(F)F)c(=O)n(C)[nH]c2=O)c1O. The summed E-state index contributed by atoms with van der Waals surface area (Å²) >= 11 is 0.832. The molecule has 0 bridgehead atoms. The zero-order chi connectivity index (χ0) is 24.5. The number of anilines is 3. The molecule has 1 unspecified atom stereocenters. The minimum atomic E-state index is -4.78. The van der Waals surface area contributed by atoms with E-state index in [9.17, 15) is 32.7 Å². The Labute approximate surface area is 189 Å². The number of aromatic amines is 1. The van der Waals surface area contributed by atoms with Crippen molar-refractivity contribution in [2.45, 2.75) is 12.2 Å². The molecule has 9 nitrogen and oxygen atoms in total. The highest BCUT2D eigenvalue weighted by Gasteiger charge is 2.42. The van der Waals surface area contributed by atoms with Gasteiger partial charge in [0.2, 0.25) is 0 Å². The van der Waals surface area contributed by atoms with Gasteiger partial charge in [-0.15, -0.1) is 11.3 Å². The van der Waals surface area contributed by atoms with Gasteiger partial charge in [-0.25, -0.2) is 0 Å². The Balaban J connectivity index is 2.13. The maximum absolute atomic E-state index is 13.8. The summed E-state index contributed by atoms with van der Waals surface area (Å²) < 4.78 is 42.1. The molecule has 0 fully saturated rings. The van der Waals surface area contributed by atoms with Gasteiger partial charge in [-0.3, -0.25) is 24.2 Å². The molecule has 1 atom stereocenters. The Morgan fingerprint density at radius 1 is 1.18 bits per heavy atom. The fourth-order valence-corrected chi connectivity index (χ4v) is 3.81. The number of aromatic nitrogens is 2. The van der Waals surface area contributed by atoms with E-state index in [2.05, 4.69) is 15.7 Å². The van der Waals surface area contributed by atoms with E-state index >= 15 is 0 Å². The molecule has 0 saturated heterocycles. The number of rotatable bonds is 6. The van der Waals surface area contributed by atoms with E-state index in [-0.39, 0.29) is 16.1 Å². The van der Waals surface area contributed by atoms with Crippen LogP contribution in [0.15, 0.2) is 45.3 Å². The molecular weight excluding hydrogens is 463 g/mol. The molecule has 3 rings (SSSR count). The normalized spacial score (nSPS) is 12.3. The van der Waals surface area contributed by atoms with Crippen molar-refractivity contribution in [1.29, 1.82) is 0 Å². The van der Waals surface area contributed by atoms with E-state index in [0.717, 1.165) is 16.0 Å². The highest BCUT2D eigenvalue weighted by Crippen LogP contribution is 2.38. The summed E-state index contributed by atoms with van der Waals surface area (Å²) in [6, 6.07) is 4.48. The van der Waals surface area contributed by atoms with E-state index in [1.54, 1.807) is 0 Å². The number of nitrogens with one attached hydrogen (secondary N) is 3. The lowest BCUT2D eigenvalue weighted by Crippen LogP contribution is -2.35. The fraction of sp³-hybridized carbons (Fsp3) is 0.250. The Bertz CT molecular complexity index is 1280. The van der Waals surface area contributed by atoms with Crippen LogP contribution in [0, 0.1) is 0 Å². The van der Waals surface area contributed by atoms with Crippen molar-refractivity contribution in [3.63, 3.8) is 0 Å². The van der Waals surface area contributed by atoms with Crippen molar-refractivity contribution in [2.24, 2.45) is 7.05 Å². The molecular formula is C20H20F3N5O4S. The smallest absolute Gasteiger partial charge is 0.413 e. The standard InChI is InChI=1S/C20H20F3N5O4S/c1-27(2)18(31)10-6-4-7-11(15(10)29)24-13-14(19(32)28(3)26-17(13)30)25-16(20(21,22)23)12-8-5-9-33-12/h4-9,16,24-25,29H,1-3H3,(H,26,30). The number of halogens is 3. The van der Waals surface area contributed by atoms with Gasteiger partial charge in [0.05, 0.1) is 11.3 Å². The first-order valence-electron chi connectivity index (χ1n) is 9.42. The minimum absolute atomic E-state index is 0.105. The third-order valence-electron chi connectivity index (χ3n) is 4.64. The van der Waals surface area contributed by atoms with Crippen molar-refractivity contribution in [1.82, 2.24) is 14.7 Å². The first kappa shape index (κ1) is 23.9.